The Morgan fingerprint density at radius 3 is 2.82 bits per heavy atom. The Morgan fingerprint density at radius 2 is 1.97 bits per heavy atom. The van der Waals surface area contributed by atoms with Crippen molar-refractivity contribution in [2.75, 3.05) is 45.9 Å². The fourth-order valence-electron chi connectivity index (χ4n) is 5.09. The molecule has 0 aromatic heterocycles. The molecule has 0 aromatic carbocycles. The number of unbranched alkanes of at least 4 members (excludes halogenated alkanes) is 1. The van der Waals surface area contributed by atoms with Crippen molar-refractivity contribution in [3.8, 4) is 0 Å². The summed E-state index contributed by atoms with van der Waals surface area (Å²) in [6.45, 7) is 6.80. The predicted octanol–water partition coefficient (Wildman–Crippen LogP) is 1.75. The number of carbonyl (C=O) groups excluding carboxylic acids is 1. The fourth-order valence-corrected chi connectivity index (χ4v) is 5.09. The third-order valence-electron chi connectivity index (χ3n) is 7.07. The van der Waals surface area contributed by atoms with Gasteiger partial charge in [-0.15, -0.1) is 0 Å². The molecule has 4 heterocycles. The molecule has 5 aliphatic rings. The summed E-state index contributed by atoms with van der Waals surface area (Å²) in [5.74, 6) is 0.706. The molecule has 4 N–H and O–H groups in total. The van der Waals surface area contributed by atoms with Gasteiger partial charge in [-0.1, -0.05) is 12.8 Å². The summed E-state index contributed by atoms with van der Waals surface area (Å²) in [6, 6.07) is 0.110. The number of dihydropyridines is 2. The number of aliphatic imine (C=N–C) groups is 1. The lowest BCUT2D eigenvalue weighted by molar-refractivity contribution is 0.0369. The number of morpholine rings is 1. The Kier molecular flexibility index (Phi) is 7.62. The quantitative estimate of drug-likeness (QED) is 0.407. The van der Waals surface area contributed by atoms with E-state index < -0.39 is 0 Å². The van der Waals surface area contributed by atoms with Gasteiger partial charge in [-0.3, -0.25) is 15.2 Å². The molecule has 4 aliphatic heterocycles. The van der Waals surface area contributed by atoms with Gasteiger partial charge in [0, 0.05) is 44.6 Å². The highest BCUT2D eigenvalue weighted by Gasteiger charge is 2.24. The second kappa shape index (κ2) is 11.2. The maximum absolute atomic E-state index is 12.3. The molecule has 2 amide bonds. The van der Waals surface area contributed by atoms with Crippen molar-refractivity contribution in [1.29, 1.82) is 0 Å². The van der Waals surface area contributed by atoms with Gasteiger partial charge in [-0.25, -0.2) is 10.2 Å². The minimum absolute atomic E-state index is 0.0461. The summed E-state index contributed by atoms with van der Waals surface area (Å²) in [7, 11) is 0. The van der Waals surface area contributed by atoms with Crippen LogP contribution in [0.4, 0.5) is 4.79 Å². The van der Waals surface area contributed by atoms with Crippen LogP contribution in [0.3, 0.4) is 0 Å². The molecule has 0 aromatic rings. The number of hydrazine groups is 1. The van der Waals surface area contributed by atoms with Crippen molar-refractivity contribution < 1.29 is 9.53 Å². The summed E-state index contributed by atoms with van der Waals surface area (Å²) in [5, 5.41) is 11.6. The van der Waals surface area contributed by atoms with Crippen molar-refractivity contribution in [1.82, 2.24) is 31.3 Å². The summed E-state index contributed by atoms with van der Waals surface area (Å²) in [6.07, 6.45) is 17.1. The molecular formula is C25H37N7O2. The zero-order valence-corrected chi connectivity index (χ0v) is 19.9. The number of rotatable bonds is 8. The third-order valence-corrected chi connectivity index (χ3v) is 7.07. The van der Waals surface area contributed by atoms with E-state index in [1.807, 2.05) is 18.4 Å². The molecule has 2 fully saturated rings. The summed E-state index contributed by atoms with van der Waals surface area (Å²) >= 11 is 0. The maximum atomic E-state index is 12.3. The van der Waals surface area contributed by atoms with E-state index in [0.29, 0.717) is 11.9 Å². The van der Waals surface area contributed by atoms with Gasteiger partial charge in [0.25, 0.3) is 0 Å². The largest absolute Gasteiger partial charge is 0.379 e. The van der Waals surface area contributed by atoms with Crippen molar-refractivity contribution >= 4 is 12.2 Å². The molecule has 5 rings (SSSR count). The van der Waals surface area contributed by atoms with Crippen LogP contribution in [0.1, 0.15) is 38.5 Å². The lowest BCUT2D eigenvalue weighted by Gasteiger charge is -2.26. The Balaban J connectivity index is 1.09. The van der Waals surface area contributed by atoms with E-state index in [4.69, 9.17) is 4.74 Å². The highest BCUT2D eigenvalue weighted by atomic mass is 16.5. The zero-order chi connectivity index (χ0) is 23.2. The maximum Gasteiger partial charge on any atom is 0.320 e. The molecule has 1 saturated carbocycles. The minimum atomic E-state index is -0.141. The number of hydrogen-bond donors (Lipinski definition) is 4. The van der Waals surface area contributed by atoms with E-state index in [-0.39, 0.29) is 12.1 Å². The number of urea groups is 1. The van der Waals surface area contributed by atoms with Crippen LogP contribution in [0.2, 0.25) is 0 Å². The van der Waals surface area contributed by atoms with Crippen molar-refractivity contribution in [2.45, 2.75) is 50.6 Å². The molecule has 1 saturated heterocycles. The molecule has 0 bridgehead atoms. The van der Waals surface area contributed by atoms with Crippen LogP contribution in [-0.4, -0.2) is 80.2 Å². The highest BCUT2D eigenvalue weighted by Crippen LogP contribution is 2.23. The topological polar surface area (TPSA) is 93.3 Å². The van der Waals surface area contributed by atoms with Crippen LogP contribution in [0.25, 0.3) is 0 Å². The first-order valence-corrected chi connectivity index (χ1v) is 12.8. The van der Waals surface area contributed by atoms with Gasteiger partial charge in [0.15, 0.2) is 0 Å². The van der Waals surface area contributed by atoms with Gasteiger partial charge < -0.3 is 20.4 Å². The molecule has 0 spiro atoms. The van der Waals surface area contributed by atoms with E-state index in [9.17, 15) is 4.79 Å². The zero-order valence-electron chi connectivity index (χ0n) is 19.9. The number of nitrogens with one attached hydrogen (secondary N) is 4. The molecule has 9 nitrogen and oxygen atoms in total. The van der Waals surface area contributed by atoms with E-state index in [1.165, 1.54) is 24.8 Å². The lowest BCUT2D eigenvalue weighted by atomic mass is 10.00. The van der Waals surface area contributed by atoms with Crippen LogP contribution in [0.5, 0.6) is 0 Å². The Hall–Kier alpha value is -2.62. The van der Waals surface area contributed by atoms with Gasteiger partial charge in [0.2, 0.25) is 0 Å². The number of carbonyl (C=O) groups is 1. The van der Waals surface area contributed by atoms with Gasteiger partial charge in [-0.05, 0) is 61.6 Å². The number of nitrogens with zero attached hydrogens (tertiary/aromatic N) is 3. The standard InChI is InChI=1S/C25H37N7O2/c33-25(28-21-5-1-2-6-21)30-24-8-7-22-23(29-24)15-19(16-26-22)20-17-27-32(18-20)10-4-3-9-31-11-13-34-14-12-31/h7-8,15-16,18,21,23,27,29H,1-6,9-14,17H2,(H2,28,30,33). The van der Waals surface area contributed by atoms with Gasteiger partial charge >= 0.3 is 6.03 Å². The predicted molar refractivity (Wildman–Crippen MR) is 133 cm³/mol. The third kappa shape index (κ3) is 6.08. The van der Waals surface area contributed by atoms with Crippen molar-refractivity contribution in [3.05, 3.63) is 47.1 Å². The normalized spacial score (nSPS) is 25.2. The van der Waals surface area contributed by atoms with Crippen LogP contribution in [0.15, 0.2) is 52.1 Å². The Morgan fingerprint density at radius 1 is 1.15 bits per heavy atom. The lowest BCUT2D eigenvalue weighted by Crippen LogP contribution is -2.46. The average molecular weight is 468 g/mol. The van der Waals surface area contributed by atoms with E-state index in [2.05, 4.69) is 48.6 Å². The summed E-state index contributed by atoms with van der Waals surface area (Å²) < 4.78 is 5.42. The van der Waals surface area contributed by atoms with Crippen molar-refractivity contribution in [2.24, 2.45) is 4.99 Å². The minimum Gasteiger partial charge on any atom is -0.379 e. The van der Waals surface area contributed by atoms with Gasteiger partial charge in [-0.2, -0.15) is 0 Å². The Bertz CT molecular complexity index is 895. The number of allylic oxidation sites excluding steroid dienone is 2. The molecule has 1 unspecified atom stereocenters. The molecule has 1 atom stereocenters. The van der Waals surface area contributed by atoms with E-state index >= 15 is 0 Å². The monoisotopic (exact) mass is 467 g/mol. The first-order chi connectivity index (χ1) is 16.7. The number of ether oxygens (including phenoxy) is 1. The van der Waals surface area contributed by atoms with E-state index in [1.54, 1.807) is 0 Å². The van der Waals surface area contributed by atoms with Crippen LogP contribution in [-0.2, 0) is 4.74 Å². The first-order valence-electron chi connectivity index (χ1n) is 12.8. The van der Waals surface area contributed by atoms with Crippen LogP contribution >= 0.6 is 0 Å². The molecule has 34 heavy (non-hydrogen) atoms. The second-order valence-electron chi connectivity index (χ2n) is 9.60. The second-order valence-corrected chi connectivity index (χ2v) is 9.60. The smallest absolute Gasteiger partial charge is 0.320 e. The SMILES string of the molecule is O=C(NC1=CC=C2N=CC(C3=CN(CCCCN4CCOCC4)NC3)=CC2N1)NC1CCCC1. The van der Waals surface area contributed by atoms with Gasteiger partial charge in [0.05, 0.1) is 25.0 Å². The highest BCUT2D eigenvalue weighted by molar-refractivity contribution is 5.87. The van der Waals surface area contributed by atoms with Gasteiger partial charge in [0.1, 0.15) is 5.82 Å². The first kappa shape index (κ1) is 23.1. The van der Waals surface area contributed by atoms with Crippen LogP contribution < -0.4 is 21.4 Å². The molecule has 9 heteroatoms. The fraction of sp³-hybridized carbons (Fsp3) is 0.600. The summed E-state index contributed by atoms with van der Waals surface area (Å²) in [5.41, 5.74) is 6.79. The molecule has 184 valence electrons. The average Bonchev–Trinajstić information content (AvgIpc) is 3.54. The van der Waals surface area contributed by atoms with Crippen molar-refractivity contribution in [3.63, 3.8) is 0 Å². The number of fused-ring (bicyclic) bond motifs is 1. The molecular weight excluding hydrogens is 430 g/mol. The Labute approximate surface area is 202 Å². The number of amides is 2. The number of hydrogen-bond acceptors (Lipinski definition) is 7. The van der Waals surface area contributed by atoms with Crippen LogP contribution in [0, 0.1) is 0 Å². The molecule has 1 aliphatic carbocycles. The summed E-state index contributed by atoms with van der Waals surface area (Å²) in [4.78, 5) is 19.5. The molecule has 0 radical (unpaired) electrons. The van der Waals surface area contributed by atoms with E-state index in [0.717, 1.165) is 76.5 Å².